The van der Waals surface area contributed by atoms with Crippen molar-refractivity contribution < 1.29 is 14.2 Å². The lowest BCUT2D eigenvalue weighted by Crippen LogP contribution is -2.27. The van der Waals surface area contributed by atoms with E-state index >= 15 is 0 Å². The summed E-state index contributed by atoms with van der Waals surface area (Å²) < 4.78 is 18.6. The van der Waals surface area contributed by atoms with Gasteiger partial charge in [0, 0.05) is 25.1 Å². The highest BCUT2D eigenvalue weighted by Crippen LogP contribution is 2.44. The lowest BCUT2D eigenvalue weighted by Gasteiger charge is -2.26. The molecule has 0 bridgehead atoms. The van der Waals surface area contributed by atoms with Crippen LogP contribution in [0.1, 0.15) is 18.4 Å². The molecule has 1 fully saturated rings. The Balaban J connectivity index is 2.19. The maximum Gasteiger partial charge on any atom is 0.196 e. The largest absolute Gasteiger partial charge is 0.502 e. The quantitative estimate of drug-likeness (QED) is 0.812. The molecule has 1 saturated heterocycles. The summed E-state index contributed by atoms with van der Waals surface area (Å²) in [5, 5.41) is 9.61. The standard InChI is InChI=1S/C12H13FN2O2/c1-17-12-10-7(5-8(13)11(12)16)6-15-4-2-3-9(15)14-10/h5,16H,2-4,6H2,1H3. The zero-order chi connectivity index (χ0) is 12.0. The zero-order valence-corrected chi connectivity index (χ0v) is 9.53. The van der Waals surface area contributed by atoms with Gasteiger partial charge in [0.2, 0.25) is 0 Å². The van der Waals surface area contributed by atoms with Crippen LogP contribution in [0.15, 0.2) is 11.1 Å². The Morgan fingerprint density at radius 1 is 1.53 bits per heavy atom. The van der Waals surface area contributed by atoms with Crippen LogP contribution in [0.2, 0.25) is 0 Å². The van der Waals surface area contributed by atoms with Gasteiger partial charge in [0.15, 0.2) is 17.3 Å². The maximum atomic E-state index is 13.5. The molecular weight excluding hydrogens is 223 g/mol. The molecule has 5 heteroatoms. The van der Waals surface area contributed by atoms with Gasteiger partial charge in [-0.15, -0.1) is 0 Å². The third-order valence-electron chi connectivity index (χ3n) is 3.26. The van der Waals surface area contributed by atoms with Gasteiger partial charge in [-0.3, -0.25) is 0 Å². The van der Waals surface area contributed by atoms with Crippen LogP contribution >= 0.6 is 0 Å². The van der Waals surface area contributed by atoms with Crippen LogP contribution < -0.4 is 4.74 Å². The molecule has 2 aliphatic heterocycles. The summed E-state index contributed by atoms with van der Waals surface area (Å²) in [7, 11) is 1.41. The van der Waals surface area contributed by atoms with E-state index < -0.39 is 11.6 Å². The fraction of sp³-hybridized carbons (Fsp3) is 0.417. The number of benzene rings is 1. The average Bonchev–Trinajstić information content (AvgIpc) is 2.75. The first kappa shape index (κ1) is 10.4. The van der Waals surface area contributed by atoms with Crippen molar-refractivity contribution in [1.82, 2.24) is 4.90 Å². The molecule has 0 saturated carbocycles. The lowest BCUT2D eigenvalue weighted by molar-refractivity contribution is 0.354. The van der Waals surface area contributed by atoms with Gasteiger partial charge >= 0.3 is 0 Å². The smallest absolute Gasteiger partial charge is 0.196 e. The van der Waals surface area contributed by atoms with Crippen LogP contribution in [0.4, 0.5) is 10.1 Å². The molecule has 0 spiro atoms. The summed E-state index contributed by atoms with van der Waals surface area (Å²) in [6.45, 7) is 1.60. The number of aromatic hydroxyl groups is 1. The van der Waals surface area contributed by atoms with Crippen molar-refractivity contribution in [2.24, 2.45) is 4.99 Å². The Morgan fingerprint density at radius 3 is 3.12 bits per heavy atom. The fourth-order valence-electron chi connectivity index (χ4n) is 2.44. The van der Waals surface area contributed by atoms with Crippen molar-refractivity contribution in [2.75, 3.05) is 13.7 Å². The number of fused-ring (bicyclic) bond motifs is 2. The van der Waals surface area contributed by atoms with E-state index in [0.29, 0.717) is 12.2 Å². The molecular formula is C12H13FN2O2. The van der Waals surface area contributed by atoms with E-state index in [-0.39, 0.29) is 5.75 Å². The summed E-state index contributed by atoms with van der Waals surface area (Å²) in [5.74, 6) is 0.0290. The number of ether oxygens (including phenoxy) is 1. The summed E-state index contributed by atoms with van der Waals surface area (Å²) in [4.78, 5) is 6.61. The van der Waals surface area contributed by atoms with Gasteiger partial charge in [-0.2, -0.15) is 0 Å². The minimum absolute atomic E-state index is 0.138. The number of rotatable bonds is 1. The maximum absolute atomic E-state index is 13.5. The van der Waals surface area contributed by atoms with E-state index in [1.165, 1.54) is 13.2 Å². The number of halogens is 1. The van der Waals surface area contributed by atoms with Gasteiger partial charge in [0.1, 0.15) is 11.5 Å². The first-order valence-electron chi connectivity index (χ1n) is 5.61. The van der Waals surface area contributed by atoms with Crippen LogP contribution in [0.25, 0.3) is 0 Å². The highest BCUT2D eigenvalue weighted by molar-refractivity contribution is 5.90. The highest BCUT2D eigenvalue weighted by atomic mass is 19.1. The Hall–Kier alpha value is -1.78. The lowest BCUT2D eigenvalue weighted by atomic mass is 10.1. The first-order chi connectivity index (χ1) is 8.20. The van der Waals surface area contributed by atoms with E-state index in [4.69, 9.17) is 4.74 Å². The molecule has 4 nitrogen and oxygen atoms in total. The Bertz CT molecular complexity index is 514. The van der Waals surface area contributed by atoms with Crippen LogP contribution in [0.5, 0.6) is 11.5 Å². The summed E-state index contributed by atoms with van der Waals surface area (Å²) in [5.41, 5.74) is 1.34. The fourth-order valence-corrected chi connectivity index (χ4v) is 2.44. The van der Waals surface area contributed by atoms with Gasteiger partial charge in [-0.1, -0.05) is 0 Å². The van der Waals surface area contributed by atoms with Crippen LogP contribution in [0.3, 0.4) is 0 Å². The molecule has 2 heterocycles. The van der Waals surface area contributed by atoms with E-state index in [0.717, 1.165) is 30.8 Å². The Morgan fingerprint density at radius 2 is 2.35 bits per heavy atom. The van der Waals surface area contributed by atoms with Crippen molar-refractivity contribution in [3.05, 3.63) is 17.4 Å². The zero-order valence-electron chi connectivity index (χ0n) is 9.53. The second-order valence-corrected chi connectivity index (χ2v) is 4.30. The molecule has 0 radical (unpaired) electrons. The molecule has 3 rings (SSSR count). The molecule has 1 N–H and O–H groups in total. The van der Waals surface area contributed by atoms with Crippen molar-refractivity contribution >= 4 is 11.5 Å². The Kier molecular flexibility index (Phi) is 2.21. The number of nitrogens with zero attached hydrogens (tertiary/aromatic N) is 2. The molecule has 0 unspecified atom stereocenters. The van der Waals surface area contributed by atoms with Gasteiger partial charge in [0.05, 0.1) is 7.11 Å². The molecule has 0 amide bonds. The third kappa shape index (κ3) is 1.45. The molecule has 0 atom stereocenters. The normalized spacial score (nSPS) is 17.5. The average molecular weight is 236 g/mol. The monoisotopic (exact) mass is 236 g/mol. The second-order valence-electron chi connectivity index (χ2n) is 4.30. The summed E-state index contributed by atoms with van der Waals surface area (Å²) in [6, 6.07) is 1.34. The van der Waals surface area contributed by atoms with Crippen molar-refractivity contribution in [3.63, 3.8) is 0 Å². The number of phenols is 1. The molecule has 1 aromatic carbocycles. The van der Waals surface area contributed by atoms with E-state index in [1.54, 1.807) is 0 Å². The summed E-state index contributed by atoms with van der Waals surface area (Å²) >= 11 is 0. The number of hydrogen-bond acceptors (Lipinski definition) is 4. The number of hydrogen-bond donors (Lipinski definition) is 1. The van der Waals surface area contributed by atoms with Gasteiger partial charge < -0.3 is 14.7 Å². The minimum Gasteiger partial charge on any atom is -0.502 e. The van der Waals surface area contributed by atoms with Crippen LogP contribution in [0, 0.1) is 5.82 Å². The van der Waals surface area contributed by atoms with Crippen LogP contribution in [-0.4, -0.2) is 29.5 Å². The predicted octanol–water partition coefficient (Wildman–Crippen LogP) is 2.18. The predicted molar refractivity (Wildman–Crippen MR) is 61.4 cm³/mol. The number of phenolic OH excluding ortho intramolecular Hbond substituents is 1. The van der Waals surface area contributed by atoms with E-state index in [9.17, 15) is 9.50 Å². The number of amidine groups is 1. The molecule has 2 aliphatic rings. The van der Waals surface area contributed by atoms with Crippen LogP contribution in [-0.2, 0) is 6.54 Å². The van der Waals surface area contributed by atoms with Gasteiger partial charge in [-0.25, -0.2) is 9.38 Å². The SMILES string of the molecule is COc1c(O)c(F)cc2c1N=C1CCCN1C2. The third-order valence-corrected chi connectivity index (χ3v) is 3.26. The molecule has 0 aliphatic carbocycles. The second kappa shape index (κ2) is 3.61. The van der Waals surface area contributed by atoms with Gasteiger partial charge in [-0.05, 0) is 12.5 Å². The van der Waals surface area contributed by atoms with E-state index in [1.807, 2.05) is 0 Å². The topological polar surface area (TPSA) is 45.1 Å². The highest BCUT2D eigenvalue weighted by Gasteiger charge is 2.28. The van der Waals surface area contributed by atoms with Crippen molar-refractivity contribution in [2.45, 2.75) is 19.4 Å². The van der Waals surface area contributed by atoms with Crippen molar-refractivity contribution in [1.29, 1.82) is 0 Å². The van der Waals surface area contributed by atoms with Gasteiger partial charge in [0.25, 0.3) is 0 Å². The Labute approximate surface area is 98.3 Å². The molecule has 17 heavy (non-hydrogen) atoms. The molecule has 0 aromatic heterocycles. The molecule has 1 aromatic rings. The first-order valence-corrected chi connectivity index (χ1v) is 5.61. The molecule has 90 valence electrons. The number of methoxy groups -OCH3 is 1. The summed E-state index contributed by atoms with van der Waals surface area (Å²) in [6.07, 6.45) is 2.00. The van der Waals surface area contributed by atoms with E-state index in [2.05, 4.69) is 9.89 Å². The minimum atomic E-state index is -0.654. The number of aliphatic imine (C=N–C) groups is 1. The van der Waals surface area contributed by atoms with Crippen molar-refractivity contribution in [3.8, 4) is 11.5 Å².